The van der Waals surface area contributed by atoms with E-state index >= 15 is 0 Å². The van der Waals surface area contributed by atoms with Crippen LogP contribution in [-0.2, 0) is 6.54 Å². The minimum Gasteiger partial charge on any atom is -0.345 e. The van der Waals surface area contributed by atoms with E-state index in [1.54, 1.807) is 6.20 Å². The number of halogens is 1. The van der Waals surface area contributed by atoms with Gasteiger partial charge in [0.25, 0.3) is 5.91 Å². The second-order valence-electron chi connectivity index (χ2n) is 4.24. The summed E-state index contributed by atoms with van der Waals surface area (Å²) in [5.41, 5.74) is 1.52. The fraction of sp³-hybridized carbons (Fsp3) is 0.0714. The molecule has 0 fully saturated rings. The molecule has 0 radical (unpaired) electrons. The normalized spacial score (nSPS) is 10.7. The third-order valence-corrected chi connectivity index (χ3v) is 2.80. The standard InChI is InChI=1S/C14H11FN4O/c15-10-4-5-13-18-12(9-19(13)8-10)14(20)17-7-11-3-1-2-6-16-11/h1-6,8-9H,7H2,(H,17,20). The first kappa shape index (κ1) is 12.3. The van der Waals surface area contributed by atoms with Gasteiger partial charge in [-0.05, 0) is 24.3 Å². The van der Waals surface area contributed by atoms with E-state index in [0.29, 0.717) is 12.2 Å². The minimum absolute atomic E-state index is 0.242. The first-order valence-corrected chi connectivity index (χ1v) is 6.05. The van der Waals surface area contributed by atoms with Gasteiger partial charge in [-0.2, -0.15) is 0 Å². The average Bonchev–Trinajstić information content (AvgIpc) is 2.89. The molecule has 0 aliphatic rings. The number of imidazole rings is 1. The number of amides is 1. The molecular weight excluding hydrogens is 259 g/mol. The van der Waals surface area contributed by atoms with Gasteiger partial charge in [-0.25, -0.2) is 9.37 Å². The molecule has 0 saturated heterocycles. The fourth-order valence-electron chi connectivity index (χ4n) is 1.84. The monoisotopic (exact) mass is 270 g/mol. The Labute approximate surface area is 114 Å². The molecule has 0 unspecified atom stereocenters. The van der Waals surface area contributed by atoms with Crippen LogP contribution in [0.4, 0.5) is 4.39 Å². The molecule has 20 heavy (non-hydrogen) atoms. The molecule has 0 aromatic carbocycles. The van der Waals surface area contributed by atoms with E-state index in [4.69, 9.17) is 0 Å². The van der Waals surface area contributed by atoms with E-state index in [9.17, 15) is 9.18 Å². The summed E-state index contributed by atoms with van der Waals surface area (Å²) in [6.07, 6.45) is 4.43. The number of fused-ring (bicyclic) bond motifs is 1. The predicted octanol–water partition coefficient (Wildman–Crippen LogP) is 1.80. The average molecular weight is 270 g/mol. The quantitative estimate of drug-likeness (QED) is 0.789. The van der Waals surface area contributed by atoms with Crippen LogP contribution in [0.1, 0.15) is 16.2 Å². The molecule has 3 aromatic heterocycles. The molecule has 3 aromatic rings. The number of carbonyl (C=O) groups excluding carboxylic acids is 1. The molecule has 0 aliphatic carbocycles. The van der Waals surface area contributed by atoms with Gasteiger partial charge in [0.2, 0.25) is 0 Å². The second kappa shape index (κ2) is 5.08. The van der Waals surface area contributed by atoms with E-state index in [-0.39, 0.29) is 17.4 Å². The van der Waals surface area contributed by atoms with Crippen molar-refractivity contribution in [2.24, 2.45) is 0 Å². The second-order valence-corrected chi connectivity index (χ2v) is 4.24. The zero-order valence-electron chi connectivity index (χ0n) is 10.5. The fourth-order valence-corrected chi connectivity index (χ4v) is 1.84. The van der Waals surface area contributed by atoms with Crippen LogP contribution in [0.25, 0.3) is 5.65 Å². The Morgan fingerprint density at radius 3 is 2.95 bits per heavy atom. The van der Waals surface area contributed by atoms with Crippen molar-refractivity contribution < 1.29 is 9.18 Å². The van der Waals surface area contributed by atoms with Crippen LogP contribution in [0, 0.1) is 5.82 Å². The number of pyridine rings is 2. The number of aromatic nitrogens is 3. The molecule has 100 valence electrons. The largest absolute Gasteiger partial charge is 0.345 e. The van der Waals surface area contributed by atoms with Gasteiger partial charge in [-0.15, -0.1) is 0 Å². The lowest BCUT2D eigenvalue weighted by Gasteiger charge is -2.01. The maximum Gasteiger partial charge on any atom is 0.271 e. The maximum absolute atomic E-state index is 13.1. The molecule has 0 aliphatic heterocycles. The number of hydrogen-bond acceptors (Lipinski definition) is 3. The van der Waals surface area contributed by atoms with Crippen molar-refractivity contribution in [3.8, 4) is 0 Å². The van der Waals surface area contributed by atoms with Crippen LogP contribution >= 0.6 is 0 Å². The Balaban J connectivity index is 1.75. The van der Waals surface area contributed by atoms with Crippen molar-refractivity contribution in [1.82, 2.24) is 19.7 Å². The zero-order valence-corrected chi connectivity index (χ0v) is 10.5. The number of hydrogen-bond donors (Lipinski definition) is 1. The van der Waals surface area contributed by atoms with Crippen molar-refractivity contribution in [3.05, 3.63) is 66.1 Å². The Kier molecular flexibility index (Phi) is 3.12. The topological polar surface area (TPSA) is 59.3 Å². The van der Waals surface area contributed by atoms with Gasteiger partial charge in [0.15, 0.2) is 0 Å². The lowest BCUT2D eigenvalue weighted by molar-refractivity contribution is 0.0946. The van der Waals surface area contributed by atoms with Gasteiger partial charge in [0.05, 0.1) is 12.2 Å². The lowest BCUT2D eigenvalue weighted by atomic mass is 10.3. The Morgan fingerprint density at radius 2 is 2.15 bits per heavy atom. The summed E-state index contributed by atoms with van der Waals surface area (Å²) in [5, 5.41) is 2.72. The maximum atomic E-state index is 13.1. The third kappa shape index (κ3) is 2.49. The van der Waals surface area contributed by atoms with Crippen LogP contribution in [-0.4, -0.2) is 20.3 Å². The number of nitrogens with one attached hydrogen (secondary N) is 1. The van der Waals surface area contributed by atoms with Crippen molar-refractivity contribution >= 4 is 11.6 Å². The summed E-state index contributed by atoms with van der Waals surface area (Å²) in [5.74, 6) is -0.699. The van der Waals surface area contributed by atoms with Crippen LogP contribution in [0.15, 0.2) is 48.9 Å². The number of rotatable bonds is 3. The molecule has 0 saturated carbocycles. The molecule has 1 N–H and O–H groups in total. The highest BCUT2D eigenvalue weighted by Gasteiger charge is 2.10. The third-order valence-electron chi connectivity index (χ3n) is 2.80. The number of nitrogens with zero attached hydrogens (tertiary/aromatic N) is 3. The molecule has 0 bridgehead atoms. The first-order chi connectivity index (χ1) is 9.72. The molecular formula is C14H11FN4O. The van der Waals surface area contributed by atoms with Crippen molar-refractivity contribution in [2.75, 3.05) is 0 Å². The van der Waals surface area contributed by atoms with Crippen LogP contribution < -0.4 is 5.32 Å². The van der Waals surface area contributed by atoms with Crippen molar-refractivity contribution in [2.45, 2.75) is 6.54 Å². The number of carbonyl (C=O) groups is 1. The van der Waals surface area contributed by atoms with E-state index in [2.05, 4.69) is 15.3 Å². The van der Waals surface area contributed by atoms with E-state index in [1.807, 2.05) is 18.2 Å². The molecule has 5 nitrogen and oxygen atoms in total. The molecule has 3 rings (SSSR count). The van der Waals surface area contributed by atoms with Gasteiger partial charge in [0.1, 0.15) is 17.2 Å². The van der Waals surface area contributed by atoms with Crippen molar-refractivity contribution in [3.63, 3.8) is 0 Å². The summed E-state index contributed by atoms with van der Waals surface area (Å²) in [6, 6.07) is 8.30. The summed E-state index contributed by atoms with van der Waals surface area (Å²) >= 11 is 0. The SMILES string of the molecule is O=C(NCc1ccccn1)c1cn2cc(F)ccc2n1. The highest BCUT2D eigenvalue weighted by molar-refractivity contribution is 5.92. The Hall–Kier alpha value is -2.76. The van der Waals surface area contributed by atoms with Crippen molar-refractivity contribution in [1.29, 1.82) is 0 Å². The molecule has 0 spiro atoms. The van der Waals surface area contributed by atoms with Crippen LogP contribution in [0.5, 0.6) is 0 Å². The summed E-state index contributed by atoms with van der Waals surface area (Å²) < 4.78 is 14.5. The smallest absolute Gasteiger partial charge is 0.271 e. The summed E-state index contributed by atoms with van der Waals surface area (Å²) in [6.45, 7) is 0.321. The zero-order chi connectivity index (χ0) is 13.9. The molecule has 6 heteroatoms. The van der Waals surface area contributed by atoms with Gasteiger partial charge in [0, 0.05) is 18.6 Å². The Morgan fingerprint density at radius 1 is 1.25 bits per heavy atom. The minimum atomic E-state index is -0.379. The Bertz CT molecular complexity index is 754. The van der Waals surface area contributed by atoms with Gasteiger partial charge >= 0.3 is 0 Å². The van der Waals surface area contributed by atoms with Crippen LogP contribution in [0.3, 0.4) is 0 Å². The van der Waals surface area contributed by atoms with Crippen LogP contribution in [0.2, 0.25) is 0 Å². The van der Waals surface area contributed by atoms with E-state index in [0.717, 1.165) is 5.69 Å². The highest BCUT2D eigenvalue weighted by atomic mass is 19.1. The van der Waals surface area contributed by atoms with Gasteiger partial charge in [-0.1, -0.05) is 6.07 Å². The summed E-state index contributed by atoms with van der Waals surface area (Å²) in [4.78, 5) is 20.2. The highest BCUT2D eigenvalue weighted by Crippen LogP contribution is 2.07. The van der Waals surface area contributed by atoms with Gasteiger partial charge < -0.3 is 9.72 Å². The molecule has 0 atom stereocenters. The van der Waals surface area contributed by atoms with E-state index in [1.165, 1.54) is 28.9 Å². The van der Waals surface area contributed by atoms with Gasteiger partial charge in [-0.3, -0.25) is 9.78 Å². The first-order valence-electron chi connectivity index (χ1n) is 6.05. The summed E-state index contributed by atoms with van der Waals surface area (Å²) in [7, 11) is 0. The predicted molar refractivity (Wildman–Crippen MR) is 70.6 cm³/mol. The molecule has 1 amide bonds. The lowest BCUT2D eigenvalue weighted by Crippen LogP contribution is -2.23. The van der Waals surface area contributed by atoms with E-state index < -0.39 is 0 Å². The molecule has 3 heterocycles.